The van der Waals surface area contributed by atoms with Gasteiger partial charge in [-0.05, 0) is 12.1 Å². The minimum absolute atomic E-state index is 0.203. The third-order valence-corrected chi connectivity index (χ3v) is 1.35. The van der Waals surface area contributed by atoms with Crippen LogP contribution in [0.1, 0.15) is 0 Å². The molecule has 4 nitrogen and oxygen atoms in total. The van der Waals surface area contributed by atoms with Crippen molar-refractivity contribution in [3.8, 4) is 0 Å². The van der Waals surface area contributed by atoms with Crippen molar-refractivity contribution in [1.82, 2.24) is 15.0 Å². The van der Waals surface area contributed by atoms with E-state index in [1.54, 1.807) is 18.3 Å². The average Bonchev–Trinajstić information content (AvgIpc) is 2.04. The van der Waals surface area contributed by atoms with Crippen molar-refractivity contribution in [3.63, 3.8) is 0 Å². The molecule has 1 N–H and O–H groups in total. The molecule has 2 aromatic rings. The zero-order chi connectivity index (χ0) is 7.68. The average molecular weight is 147 g/mol. The Morgan fingerprint density at radius 1 is 1.36 bits per heavy atom. The molecule has 2 heterocycles. The summed E-state index contributed by atoms with van der Waals surface area (Å²) >= 11 is 0. The topological polar surface area (TPSA) is 58.6 Å². The van der Waals surface area contributed by atoms with Crippen LogP contribution in [-0.4, -0.2) is 15.0 Å². The molecule has 54 valence electrons. The molecule has 0 saturated heterocycles. The monoisotopic (exact) mass is 147 g/mol. The molecule has 0 bridgehead atoms. The molecule has 0 aliphatic carbocycles. The maximum absolute atomic E-state index is 10.7. The van der Waals surface area contributed by atoms with Crippen LogP contribution < -0.4 is 5.56 Å². The van der Waals surface area contributed by atoms with Crippen LogP contribution in [0.15, 0.2) is 29.3 Å². The van der Waals surface area contributed by atoms with Gasteiger partial charge < -0.3 is 4.98 Å². The predicted octanol–water partition coefficient (Wildman–Crippen LogP) is 0.318. The van der Waals surface area contributed by atoms with E-state index in [4.69, 9.17) is 0 Å². The number of rotatable bonds is 0. The lowest BCUT2D eigenvalue weighted by molar-refractivity contribution is 1.17. The van der Waals surface area contributed by atoms with Gasteiger partial charge in [0.25, 0.3) is 5.56 Å². The van der Waals surface area contributed by atoms with E-state index in [9.17, 15) is 4.79 Å². The normalized spacial score (nSPS) is 10.2. The van der Waals surface area contributed by atoms with Crippen LogP contribution in [-0.2, 0) is 0 Å². The lowest BCUT2D eigenvalue weighted by Gasteiger charge is -1.91. The van der Waals surface area contributed by atoms with Gasteiger partial charge in [-0.3, -0.25) is 4.79 Å². The van der Waals surface area contributed by atoms with Crippen LogP contribution in [0.3, 0.4) is 0 Å². The Hall–Kier alpha value is -1.71. The van der Waals surface area contributed by atoms with Gasteiger partial charge in [-0.1, -0.05) is 0 Å². The highest BCUT2D eigenvalue weighted by molar-refractivity contribution is 5.67. The van der Waals surface area contributed by atoms with Crippen molar-refractivity contribution in [2.24, 2.45) is 0 Å². The molecule has 11 heavy (non-hydrogen) atoms. The van der Waals surface area contributed by atoms with Gasteiger partial charge in [0.05, 0.1) is 11.7 Å². The summed E-state index contributed by atoms with van der Waals surface area (Å²) in [6.45, 7) is 0. The number of nitrogens with zero attached hydrogens (tertiary/aromatic N) is 2. The van der Waals surface area contributed by atoms with Gasteiger partial charge in [-0.15, -0.1) is 0 Å². The fourth-order valence-electron chi connectivity index (χ4n) is 0.882. The van der Waals surface area contributed by atoms with E-state index < -0.39 is 0 Å². The van der Waals surface area contributed by atoms with E-state index in [1.807, 2.05) is 0 Å². The van der Waals surface area contributed by atoms with Crippen LogP contribution in [0.2, 0.25) is 0 Å². The molecule has 0 aliphatic rings. The van der Waals surface area contributed by atoms with Gasteiger partial charge in [-0.25, -0.2) is 9.97 Å². The predicted molar refractivity (Wildman–Crippen MR) is 40.2 cm³/mol. The van der Waals surface area contributed by atoms with Crippen molar-refractivity contribution in [3.05, 3.63) is 34.9 Å². The van der Waals surface area contributed by atoms with E-state index in [-0.39, 0.29) is 5.56 Å². The molecular weight excluding hydrogens is 142 g/mol. The Morgan fingerprint density at radius 3 is 3.18 bits per heavy atom. The first kappa shape index (κ1) is 6.03. The molecule has 0 aromatic carbocycles. The number of H-pyrrole nitrogens is 1. The Morgan fingerprint density at radius 2 is 2.27 bits per heavy atom. The SMILES string of the molecule is O=c1cnc2ncccc2[nH]1. The Balaban J connectivity index is 2.94. The van der Waals surface area contributed by atoms with E-state index in [2.05, 4.69) is 15.0 Å². The second-order valence-electron chi connectivity index (χ2n) is 2.12. The number of fused-ring (bicyclic) bond motifs is 1. The number of aromatic amines is 1. The Bertz CT molecular complexity index is 435. The van der Waals surface area contributed by atoms with Crippen molar-refractivity contribution >= 4 is 11.2 Å². The number of hydrogen-bond donors (Lipinski definition) is 1. The first-order valence-electron chi connectivity index (χ1n) is 3.16. The molecule has 0 radical (unpaired) electrons. The van der Waals surface area contributed by atoms with Crippen molar-refractivity contribution < 1.29 is 0 Å². The number of hydrogen-bond acceptors (Lipinski definition) is 3. The minimum atomic E-state index is -0.203. The summed E-state index contributed by atoms with van der Waals surface area (Å²) in [7, 11) is 0. The zero-order valence-corrected chi connectivity index (χ0v) is 5.61. The number of pyridine rings is 1. The molecule has 0 saturated carbocycles. The fourth-order valence-corrected chi connectivity index (χ4v) is 0.882. The summed E-state index contributed by atoms with van der Waals surface area (Å²) in [6.07, 6.45) is 2.85. The maximum atomic E-state index is 10.7. The molecule has 2 rings (SSSR count). The maximum Gasteiger partial charge on any atom is 0.266 e. The summed E-state index contributed by atoms with van der Waals surface area (Å²) in [4.78, 5) is 21.1. The van der Waals surface area contributed by atoms with Crippen molar-refractivity contribution in [1.29, 1.82) is 0 Å². The number of nitrogens with one attached hydrogen (secondary N) is 1. The second-order valence-corrected chi connectivity index (χ2v) is 2.12. The van der Waals surface area contributed by atoms with Gasteiger partial charge in [0, 0.05) is 6.20 Å². The molecule has 0 unspecified atom stereocenters. The summed E-state index contributed by atoms with van der Waals surface area (Å²) in [5, 5.41) is 0. The highest BCUT2D eigenvalue weighted by Gasteiger charge is 1.92. The van der Waals surface area contributed by atoms with Gasteiger partial charge in [0.15, 0.2) is 5.65 Å². The molecule has 0 fully saturated rings. The Kier molecular flexibility index (Phi) is 1.18. The molecule has 4 heteroatoms. The van der Waals surface area contributed by atoms with Crippen LogP contribution in [0.5, 0.6) is 0 Å². The van der Waals surface area contributed by atoms with Gasteiger partial charge in [0.1, 0.15) is 0 Å². The quantitative estimate of drug-likeness (QED) is 0.583. The number of aromatic nitrogens is 3. The summed E-state index contributed by atoms with van der Waals surface area (Å²) in [5.74, 6) is 0. The largest absolute Gasteiger partial charge is 0.318 e. The third kappa shape index (κ3) is 0.980. The van der Waals surface area contributed by atoms with Crippen molar-refractivity contribution in [2.45, 2.75) is 0 Å². The van der Waals surface area contributed by atoms with E-state index in [0.29, 0.717) is 11.2 Å². The molecule has 2 aromatic heterocycles. The molecule has 0 spiro atoms. The van der Waals surface area contributed by atoms with Gasteiger partial charge >= 0.3 is 0 Å². The third-order valence-electron chi connectivity index (χ3n) is 1.35. The van der Waals surface area contributed by atoms with E-state index >= 15 is 0 Å². The summed E-state index contributed by atoms with van der Waals surface area (Å²) in [5.41, 5.74) is 1.03. The fraction of sp³-hybridized carbons (Fsp3) is 0. The second kappa shape index (κ2) is 2.16. The standard InChI is InChI=1S/C7H5N3O/c11-6-4-9-7-5(10-6)2-1-3-8-7/h1-4H,(H,10,11). The lowest BCUT2D eigenvalue weighted by Crippen LogP contribution is -2.05. The highest BCUT2D eigenvalue weighted by Crippen LogP contribution is 1.98. The van der Waals surface area contributed by atoms with Gasteiger partial charge in [-0.2, -0.15) is 0 Å². The first-order valence-corrected chi connectivity index (χ1v) is 3.16. The highest BCUT2D eigenvalue weighted by atomic mass is 16.1. The summed E-state index contributed by atoms with van der Waals surface area (Å²) in [6, 6.07) is 3.51. The molecule has 0 atom stereocenters. The molecule has 0 aliphatic heterocycles. The first-order chi connectivity index (χ1) is 5.36. The molecular formula is C7H5N3O. The lowest BCUT2D eigenvalue weighted by atomic mass is 10.4. The van der Waals surface area contributed by atoms with Gasteiger partial charge in [0.2, 0.25) is 0 Å². The summed E-state index contributed by atoms with van der Waals surface area (Å²) < 4.78 is 0. The zero-order valence-electron chi connectivity index (χ0n) is 5.61. The molecule has 0 amide bonds. The van der Waals surface area contributed by atoms with E-state index in [0.717, 1.165) is 0 Å². The van der Waals surface area contributed by atoms with Crippen LogP contribution >= 0.6 is 0 Å². The Labute approximate surface area is 61.9 Å². The van der Waals surface area contributed by atoms with E-state index in [1.165, 1.54) is 6.20 Å². The smallest absolute Gasteiger partial charge is 0.266 e. The van der Waals surface area contributed by atoms with Crippen LogP contribution in [0.4, 0.5) is 0 Å². The van der Waals surface area contributed by atoms with Crippen LogP contribution in [0.25, 0.3) is 11.2 Å². The van der Waals surface area contributed by atoms with Crippen molar-refractivity contribution in [2.75, 3.05) is 0 Å². The van der Waals surface area contributed by atoms with Crippen LogP contribution in [0, 0.1) is 0 Å². The minimum Gasteiger partial charge on any atom is -0.318 e.